The van der Waals surface area contributed by atoms with Gasteiger partial charge in [-0.1, -0.05) is 109 Å². The molecule has 24 heteroatoms. The molecule has 1 N–H and O–H groups in total. The second-order valence-corrected chi connectivity index (χ2v) is 21.8. The monoisotopic (exact) mass is 1180 g/mol. The van der Waals surface area contributed by atoms with Crippen LogP contribution in [0, 0.1) is 30.3 Å². The summed E-state index contributed by atoms with van der Waals surface area (Å²) in [6, 6.07) is 45.9. The van der Waals surface area contributed by atoms with E-state index >= 15 is 0 Å². The van der Waals surface area contributed by atoms with Crippen LogP contribution in [0.4, 0.5) is 27.8 Å². The summed E-state index contributed by atoms with van der Waals surface area (Å²) in [4.78, 5) is 60.2. The number of benzene rings is 6. The lowest BCUT2D eigenvalue weighted by molar-refractivity contribution is -0.385. The van der Waals surface area contributed by atoms with Crippen LogP contribution in [0.3, 0.4) is 0 Å². The molecule has 1 fully saturated rings. The first-order valence-electron chi connectivity index (χ1n) is 27.5. The van der Waals surface area contributed by atoms with Gasteiger partial charge in [0.1, 0.15) is 23.7 Å². The van der Waals surface area contributed by atoms with Crippen molar-refractivity contribution in [1.82, 2.24) is 24.2 Å². The first-order valence-corrected chi connectivity index (χ1v) is 28.7. The van der Waals surface area contributed by atoms with Gasteiger partial charge < -0.3 is 32.7 Å². The van der Waals surface area contributed by atoms with Crippen molar-refractivity contribution in [2.75, 3.05) is 38.9 Å². The van der Waals surface area contributed by atoms with Crippen LogP contribution in [0.5, 0.6) is 11.6 Å². The fourth-order valence-electron chi connectivity index (χ4n) is 10.0. The zero-order valence-corrected chi connectivity index (χ0v) is 48.3. The van der Waals surface area contributed by atoms with Crippen LogP contribution in [-0.4, -0.2) is 103 Å². The van der Waals surface area contributed by atoms with Crippen LogP contribution in [0.25, 0.3) is 11.2 Å². The lowest BCUT2D eigenvalue weighted by Gasteiger charge is -2.39. The molecule has 1 aliphatic rings. The van der Waals surface area contributed by atoms with Crippen molar-refractivity contribution in [3.8, 4) is 11.6 Å². The van der Waals surface area contributed by atoms with Crippen molar-refractivity contribution in [3.63, 3.8) is 0 Å². The number of nitro groups is 3. The average Bonchev–Trinajstić information content (AvgIpc) is 2.55. The molecule has 23 nitrogen and oxygen atoms in total. The molecule has 6 aromatic carbocycles. The van der Waals surface area contributed by atoms with E-state index in [9.17, 15) is 35.1 Å². The Morgan fingerprint density at radius 3 is 1.71 bits per heavy atom. The van der Waals surface area contributed by atoms with Crippen LogP contribution < -0.4 is 14.8 Å². The Morgan fingerprint density at radius 1 is 0.694 bits per heavy atom. The van der Waals surface area contributed by atoms with Gasteiger partial charge in [0.2, 0.25) is 11.8 Å². The minimum atomic E-state index is -1.83. The molecule has 2 aromatic heterocycles. The van der Waals surface area contributed by atoms with Gasteiger partial charge in [0.05, 0.1) is 60.7 Å². The van der Waals surface area contributed by atoms with E-state index in [-0.39, 0.29) is 91.4 Å². The summed E-state index contributed by atoms with van der Waals surface area (Å²) in [5, 5.41) is 36.6. The van der Waals surface area contributed by atoms with Gasteiger partial charge in [-0.15, -0.1) is 0 Å². The van der Waals surface area contributed by atoms with Gasteiger partial charge in [0, 0.05) is 67.7 Å². The summed E-state index contributed by atoms with van der Waals surface area (Å²) in [5.41, 5.74) is 3.98. The molecule has 1 aliphatic heterocycles. The van der Waals surface area contributed by atoms with E-state index in [0.29, 0.717) is 24.2 Å². The zero-order valence-electron chi connectivity index (χ0n) is 47.4. The van der Waals surface area contributed by atoms with Crippen LogP contribution in [-0.2, 0) is 48.1 Å². The highest BCUT2D eigenvalue weighted by atomic mass is 31.2. The molecule has 1 amide bonds. The highest BCUT2D eigenvalue weighted by Gasteiger charge is 2.45. The largest absolute Gasteiger partial charge is 0.497 e. The molecule has 8 aromatic rings. The number of hydrogen-bond acceptors (Lipinski definition) is 18. The van der Waals surface area contributed by atoms with Gasteiger partial charge in [0.15, 0.2) is 11.2 Å². The van der Waals surface area contributed by atoms with Crippen molar-refractivity contribution in [3.05, 3.63) is 228 Å². The molecule has 442 valence electrons. The zero-order chi connectivity index (χ0) is 60.0. The fourth-order valence-corrected chi connectivity index (χ4v) is 11.8. The number of nitro benzene ring substituents is 3. The third-order valence-electron chi connectivity index (χ3n) is 14.2. The van der Waals surface area contributed by atoms with E-state index in [1.54, 1.807) is 54.4 Å². The van der Waals surface area contributed by atoms with Crippen molar-refractivity contribution in [1.29, 1.82) is 0 Å². The second kappa shape index (κ2) is 28.2. The molecular formula is C61H64N9O14P. The van der Waals surface area contributed by atoms with Gasteiger partial charge in [0.25, 0.3) is 25.6 Å². The lowest BCUT2D eigenvalue weighted by atomic mass is 9.80. The van der Waals surface area contributed by atoms with Crippen molar-refractivity contribution < 1.29 is 52.3 Å². The minimum absolute atomic E-state index is 0.00930. The Morgan fingerprint density at radius 2 is 1.20 bits per heavy atom. The summed E-state index contributed by atoms with van der Waals surface area (Å²) < 4.78 is 50.0. The number of amides is 1. The topological polar surface area (TPSA) is 270 Å². The molecule has 0 bridgehead atoms. The number of fused-ring (bicyclic) bond motifs is 1. The molecule has 4 atom stereocenters. The van der Waals surface area contributed by atoms with Gasteiger partial charge in [-0.05, 0) is 79.6 Å². The summed E-state index contributed by atoms with van der Waals surface area (Å²) in [5.74, 6) is 0.498. The van der Waals surface area contributed by atoms with Crippen LogP contribution in [0.1, 0.15) is 73.7 Å². The first kappa shape index (κ1) is 60.8. The number of anilines is 1. The van der Waals surface area contributed by atoms with Gasteiger partial charge >= 0.3 is 6.09 Å². The number of aromatic nitrogens is 4. The molecule has 1 unspecified atom stereocenters. The van der Waals surface area contributed by atoms with Gasteiger partial charge in [-0.2, -0.15) is 9.97 Å². The van der Waals surface area contributed by atoms with E-state index in [0.717, 1.165) is 27.8 Å². The molecule has 3 heterocycles. The third kappa shape index (κ3) is 14.9. The number of methoxy groups -OCH3 is 1. The SMILES string of the molecule is COc1ccc(C(OC[C@H]2O[C@@H](n3cnc4c(OCCc5ccc([N+](=O)[O-])cc5)nc(NC(=O)OCCc5ccc([N+](=O)[O-])cc5)nc43)C[C@@H]2OP(OCCc2ccc([N+](=O)[O-])cc2)N(C(C)C)C(C)C)(c2ccccc2)c2ccccc2)cc1. The standard InChI is InChI=1S/C61H64N9O14P/c1-41(2)67(42(3)4)85(82-37-34-45-20-28-51(29-21-45)70(76)77)84-53-38-55(83-54(53)39-81-61(46-12-8-6-9-13-46,47-14-10-7-11-15-47)48-22-30-52(78-5)31-23-48)66-40-62-56-57(66)63-59(64-58(56)79-35-32-43-16-24-49(25-17-43)68(72)73)65-60(71)80-36-33-44-18-26-50(27-19-44)69(74)75/h6-31,40-42,53-55H,32-39H2,1-5H3,(H,63,64,65,71)/t53-,54+,55+,85?/m0/s1. The molecule has 0 radical (unpaired) electrons. The number of carbonyl (C=O) groups is 1. The maximum absolute atomic E-state index is 13.5. The molecule has 0 saturated carbocycles. The van der Waals surface area contributed by atoms with Gasteiger partial charge in [-0.25, -0.2) is 14.4 Å². The maximum Gasteiger partial charge on any atom is 0.414 e. The highest BCUT2D eigenvalue weighted by Crippen LogP contribution is 2.51. The number of non-ortho nitro benzene ring substituents is 3. The summed E-state index contributed by atoms with van der Waals surface area (Å²) in [6.07, 6.45) is -0.416. The fraction of sp³-hybridized carbons (Fsp3) is 0.311. The number of nitrogens with one attached hydrogen (secondary N) is 1. The Balaban J connectivity index is 1.07. The average molecular weight is 1180 g/mol. The van der Waals surface area contributed by atoms with E-state index in [2.05, 4.69) is 42.7 Å². The van der Waals surface area contributed by atoms with Crippen molar-refractivity contribution in [2.24, 2.45) is 0 Å². The molecule has 0 aliphatic carbocycles. The van der Waals surface area contributed by atoms with Gasteiger partial charge in [-0.3, -0.25) is 40.2 Å². The summed E-state index contributed by atoms with van der Waals surface area (Å²) >= 11 is 0. The van der Waals surface area contributed by atoms with E-state index < -0.39 is 53.4 Å². The number of hydrogen-bond donors (Lipinski definition) is 1. The number of carbonyl (C=O) groups excluding carboxylic acids is 1. The van der Waals surface area contributed by atoms with E-state index in [4.69, 9.17) is 42.7 Å². The second-order valence-electron chi connectivity index (χ2n) is 20.4. The Hall–Kier alpha value is -8.83. The predicted molar refractivity (Wildman–Crippen MR) is 316 cm³/mol. The molecular weight excluding hydrogens is 1110 g/mol. The Bertz CT molecular complexity index is 3480. The molecule has 85 heavy (non-hydrogen) atoms. The number of ether oxygens (including phenoxy) is 5. The van der Waals surface area contributed by atoms with Crippen molar-refractivity contribution in [2.45, 2.75) is 89.5 Å². The summed E-state index contributed by atoms with van der Waals surface area (Å²) in [7, 11) is -0.219. The smallest absolute Gasteiger partial charge is 0.414 e. The normalized spacial score (nSPS) is 15.5. The van der Waals surface area contributed by atoms with Crippen molar-refractivity contribution >= 4 is 48.8 Å². The van der Waals surface area contributed by atoms with E-state index in [1.807, 2.05) is 84.9 Å². The lowest BCUT2D eigenvalue weighted by Crippen LogP contribution is -2.39. The minimum Gasteiger partial charge on any atom is -0.497 e. The van der Waals surface area contributed by atoms with Crippen LogP contribution in [0.2, 0.25) is 0 Å². The predicted octanol–water partition coefficient (Wildman–Crippen LogP) is 12.3. The van der Waals surface area contributed by atoms with Crippen LogP contribution >= 0.6 is 8.53 Å². The Labute approximate surface area is 491 Å². The maximum atomic E-state index is 13.5. The molecule has 0 spiro atoms. The molecule has 9 rings (SSSR count). The van der Waals surface area contributed by atoms with E-state index in [1.165, 1.54) is 36.4 Å². The number of nitrogens with zero attached hydrogens (tertiary/aromatic N) is 8. The Kier molecular flexibility index (Phi) is 20.1. The first-order chi connectivity index (χ1) is 41.1. The number of rotatable bonds is 28. The van der Waals surface area contributed by atoms with Crippen LogP contribution in [0.15, 0.2) is 164 Å². The molecule has 1 saturated heterocycles. The number of imidazole rings is 1. The summed E-state index contributed by atoms with van der Waals surface area (Å²) in [6.45, 7) is 8.46. The highest BCUT2D eigenvalue weighted by molar-refractivity contribution is 7.44. The quantitative estimate of drug-likeness (QED) is 0.0207. The third-order valence-corrected chi connectivity index (χ3v) is 16.3.